The zero-order valence-corrected chi connectivity index (χ0v) is 13.5. The van der Waals surface area contributed by atoms with Crippen LogP contribution >= 0.6 is 11.6 Å². The minimum absolute atomic E-state index is 0.0502. The van der Waals surface area contributed by atoms with E-state index in [2.05, 4.69) is 5.32 Å². The summed E-state index contributed by atoms with van der Waals surface area (Å²) in [5, 5.41) is 3.10. The second-order valence-electron chi connectivity index (χ2n) is 4.68. The first-order chi connectivity index (χ1) is 9.16. The number of sulfonamides is 1. The Morgan fingerprint density at radius 3 is 2.55 bits per heavy atom. The summed E-state index contributed by atoms with van der Waals surface area (Å²) in [5.41, 5.74) is 0.658. The highest BCUT2D eigenvalue weighted by Crippen LogP contribution is 2.27. The first-order valence-corrected chi connectivity index (χ1v) is 8.43. The fraction of sp³-hybridized carbons (Fsp3) is 0.462. The van der Waals surface area contributed by atoms with Crippen LogP contribution in [0.4, 0.5) is 5.69 Å². The van der Waals surface area contributed by atoms with Gasteiger partial charge in [-0.3, -0.25) is 9.10 Å². The van der Waals surface area contributed by atoms with Gasteiger partial charge < -0.3 is 5.32 Å². The van der Waals surface area contributed by atoms with Crippen molar-refractivity contribution in [3.8, 4) is 0 Å². The molecule has 0 aliphatic heterocycles. The van der Waals surface area contributed by atoms with E-state index >= 15 is 0 Å². The van der Waals surface area contributed by atoms with Crippen LogP contribution in [0.15, 0.2) is 18.2 Å². The van der Waals surface area contributed by atoms with Crippen LogP contribution in [0.5, 0.6) is 0 Å². The third-order valence-corrected chi connectivity index (χ3v) is 4.55. The van der Waals surface area contributed by atoms with E-state index in [-0.39, 0.29) is 22.7 Å². The van der Waals surface area contributed by atoms with Crippen LogP contribution in [0.3, 0.4) is 0 Å². The standard InChI is InChI=1S/C13H19ClN2O3S/c1-5-9(2)15-13(17)10-6-7-11(14)12(8-10)16(3)20(4,18)19/h6-9H,5H2,1-4H3,(H,15,17)/t9-/m0/s1. The summed E-state index contributed by atoms with van der Waals surface area (Å²) in [6.07, 6.45) is 1.89. The van der Waals surface area contributed by atoms with Gasteiger partial charge in [0.15, 0.2) is 0 Å². The monoisotopic (exact) mass is 318 g/mol. The van der Waals surface area contributed by atoms with Crippen molar-refractivity contribution >= 4 is 33.2 Å². The summed E-state index contributed by atoms with van der Waals surface area (Å²) in [7, 11) is -2.04. The lowest BCUT2D eigenvalue weighted by molar-refractivity contribution is 0.0939. The highest BCUT2D eigenvalue weighted by atomic mass is 35.5. The van der Waals surface area contributed by atoms with Gasteiger partial charge in [-0.1, -0.05) is 18.5 Å². The van der Waals surface area contributed by atoms with E-state index in [4.69, 9.17) is 11.6 Å². The zero-order valence-electron chi connectivity index (χ0n) is 12.0. The van der Waals surface area contributed by atoms with Crippen LogP contribution in [0.2, 0.25) is 5.02 Å². The quantitative estimate of drug-likeness (QED) is 0.905. The van der Waals surface area contributed by atoms with Crippen LogP contribution in [0.1, 0.15) is 30.6 Å². The van der Waals surface area contributed by atoms with Crippen molar-refractivity contribution in [1.82, 2.24) is 5.32 Å². The van der Waals surface area contributed by atoms with Gasteiger partial charge in [0.1, 0.15) is 0 Å². The second-order valence-corrected chi connectivity index (χ2v) is 7.10. The molecule has 0 aliphatic carbocycles. The number of hydrogen-bond acceptors (Lipinski definition) is 3. The Kier molecular flexibility index (Phi) is 5.42. The Hall–Kier alpha value is -1.27. The van der Waals surface area contributed by atoms with Gasteiger partial charge in [0.05, 0.1) is 17.0 Å². The molecular formula is C13H19ClN2O3S. The van der Waals surface area contributed by atoms with Gasteiger partial charge in [-0.2, -0.15) is 0 Å². The highest BCUT2D eigenvalue weighted by molar-refractivity contribution is 7.92. The van der Waals surface area contributed by atoms with Crippen molar-refractivity contribution in [2.75, 3.05) is 17.6 Å². The number of hydrogen-bond donors (Lipinski definition) is 1. The topological polar surface area (TPSA) is 66.5 Å². The summed E-state index contributed by atoms with van der Waals surface area (Å²) in [5.74, 6) is -0.251. The first kappa shape index (κ1) is 16.8. The lowest BCUT2D eigenvalue weighted by Gasteiger charge is -2.19. The number of nitrogens with one attached hydrogen (secondary N) is 1. The molecule has 0 bridgehead atoms. The van der Waals surface area contributed by atoms with E-state index in [0.29, 0.717) is 5.56 Å². The minimum Gasteiger partial charge on any atom is -0.350 e. The number of nitrogens with zero attached hydrogens (tertiary/aromatic N) is 1. The van der Waals surface area contributed by atoms with Gasteiger partial charge in [-0.05, 0) is 31.5 Å². The van der Waals surface area contributed by atoms with E-state index in [0.717, 1.165) is 17.0 Å². The zero-order chi connectivity index (χ0) is 15.5. The maximum atomic E-state index is 12.0. The molecule has 0 aromatic heterocycles. The van der Waals surface area contributed by atoms with Gasteiger partial charge in [0.2, 0.25) is 10.0 Å². The smallest absolute Gasteiger partial charge is 0.251 e. The Labute approximate surface area is 125 Å². The van der Waals surface area contributed by atoms with Crippen LogP contribution in [0.25, 0.3) is 0 Å². The number of rotatable bonds is 5. The second kappa shape index (κ2) is 6.45. The fourth-order valence-corrected chi connectivity index (χ4v) is 2.29. The maximum absolute atomic E-state index is 12.0. The molecule has 1 aromatic carbocycles. The largest absolute Gasteiger partial charge is 0.350 e. The third-order valence-electron chi connectivity index (χ3n) is 3.03. The molecule has 0 saturated carbocycles. The molecule has 0 saturated heterocycles. The Bertz CT molecular complexity index is 602. The fourth-order valence-electron chi connectivity index (χ4n) is 1.48. The molecule has 7 heteroatoms. The summed E-state index contributed by atoms with van der Waals surface area (Å²) >= 11 is 6.00. The molecular weight excluding hydrogens is 300 g/mol. The predicted molar refractivity (Wildman–Crippen MR) is 81.9 cm³/mol. The molecule has 1 rings (SSSR count). The first-order valence-electron chi connectivity index (χ1n) is 6.21. The lowest BCUT2D eigenvalue weighted by atomic mass is 10.1. The summed E-state index contributed by atoms with van der Waals surface area (Å²) in [6.45, 7) is 3.87. The third kappa shape index (κ3) is 4.11. The van der Waals surface area contributed by atoms with Crippen molar-refractivity contribution in [2.24, 2.45) is 0 Å². The number of benzene rings is 1. The van der Waals surface area contributed by atoms with Crippen molar-refractivity contribution in [1.29, 1.82) is 0 Å². The SMILES string of the molecule is CC[C@H](C)NC(=O)c1ccc(Cl)c(N(C)S(C)(=O)=O)c1. The Morgan fingerprint density at radius 2 is 2.05 bits per heavy atom. The molecule has 5 nitrogen and oxygen atoms in total. The van der Waals surface area contributed by atoms with Gasteiger partial charge in [0, 0.05) is 18.7 Å². The van der Waals surface area contributed by atoms with Gasteiger partial charge >= 0.3 is 0 Å². The number of anilines is 1. The Balaban J connectivity index is 3.12. The lowest BCUT2D eigenvalue weighted by Crippen LogP contribution is -2.32. The van der Waals surface area contributed by atoms with E-state index in [1.54, 1.807) is 6.07 Å². The summed E-state index contributed by atoms with van der Waals surface area (Å²) in [6, 6.07) is 4.61. The normalized spacial score (nSPS) is 12.8. The summed E-state index contributed by atoms with van der Waals surface area (Å²) in [4.78, 5) is 12.0. The number of carbonyl (C=O) groups excluding carboxylic acids is 1. The molecule has 0 aliphatic rings. The van der Waals surface area contributed by atoms with Gasteiger partial charge in [-0.25, -0.2) is 8.42 Å². The molecule has 112 valence electrons. The van der Waals surface area contributed by atoms with E-state index in [9.17, 15) is 13.2 Å². The van der Waals surface area contributed by atoms with E-state index in [1.807, 2.05) is 13.8 Å². The van der Waals surface area contributed by atoms with E-state index in [1.165, 1.54) is 19.2 Å². The maximum Gasteiger partial charge on any atom is 0.251 e. The number of halogens is 1. The van der Waals surface area contributed by atoms with Crippen molar-refractivity contribution in [2.45, 2.75) is 26.3 Å². The van der Waals surface area contributed by atoms with Crippen molar-refractivity contribution in [3.05, 3.63) is 28.8 Å². The van der Waals surface area contributed by atoms with Crippen LogP contribution < -0.4 is 9.62 Å². The molecule has 0 heterocycles. The average molecular weight is 319 g/mol. The summed E-state index contributed by atoms with van der Waals surface area (Å²) < 4.78 is 24.2. The minimum atomic E-state index is -3.43. The molecule has 1 aromatic rings. The van der Waals surface area contributed by atoms with Crippen LogP contribution in [-0.4, -0.2) is 33.7 Å². The molecule has 1 atom stereocenters. The molecule has 0 unspecified atom stereocenters. The molecule has 1 amide bonds. The van der Waals surface area contributed by atoms with Crippen LogP contribution in [-0.2, 0) is 10.0 Å². The molecule has 0 fully saturated rings. The molecule has 20 heavy (non-hydrogen) atoms. The molecule has 0 radical (unpaired) electrons. The van der Waals surface area contributed by atoms with Crippen molar-refractivity contribution < 1.29 is 13.2 Å². The number of amides is 1. The average Bonchev–Trinajstić information content (AvgIpc) is 2.37. The van der Waals surface area contributed by atoms with Crippen molar-refractivity contribution in [3.63, 3.8) is 0 Å². The number of carbonyl (C=O) groups is 1. The molecule has 1 N–H and O–H groups in total. The molecule has 0 spiro atoms. The van der Waals surface area contributed by atoms with E-state index < -0.39 is 10.0 Å². The van der Waals surface area contributed by atoms with Crippen LogP contribution in [0, 0.1) is 0 Å². The van der Waals surface area contributed by atoms with Gasteiger partial charge in [-0.15, -0.1) is 0 Å². The highest BCUT2D eigenvalue weighted by Gasteiger charge is 2.18. The predicted octanol–water partition coefficient (Wildman–Crippen LogP) is 2.26. The Morgan fingerprint density at radius 1 is 1.45 bits per heavy atom. The van der Waals surface area contributed by atoms with Gasteiger partial charge in [0.25, 0.3) is 5.91 Å².